The van der Waals surface area contributed by atoms with Crippen LogP contribution in [0.15, 0.2) is 18.2 Å². The average Bonchev–Trinajstić information content (AvgIpc) is 2.21. The van der Waals surface area contributed by atoms with Crippen LogP contribution in [0.4, 0.5) is 8.78 Å². The van der Waals surface area contributed by atoms with Crippen molar-refractivity contribution in [1.82, 2.24) is 0 Å². The minimum absolute atomic E-state index is 0.00102. The molecule has 0 amide bonds. The number of halogens is 2. The number of hydrogen-bond donors (Lipinski definition) is 1. The maximum Gasteiger partial charge on any atom is 0.274 e. The van der Waals surface area contributed by atoms with E-state index in [1.807, 2.05) is 6.92 Å². The molecule has 0 atom stereocenters. The fourth-order valence-corrected chi connectivity index (χ4v) is 1.52. The first-order valence-electron chi connectivity index (χ1n) is 5.33. The van der Waals surface area contributed by atoms with Crippen LogP contribution in [0.5, 0.6) is 5.75 Å². The van der Waals surface area contributed by atoms with E-state index in [9.17, 15) is 8.78 Å². The predicted molar refractivity (Wildman–Crippen MR) is 59.9 cm³/mol. The van der Waals surface area contributed by atoms with E-state index in [-0.39, 0.29) is 18.5 Å². The summed E-state index contributed by atoms with van der Waals surface area (Å²) < 4.78 is 32.4. The van der Waals surface area contributed by atoms with Crippen LogP contribution in [0, 0.1) is 6.92 Å². The van der Waals surface area contributed by atoms with Gasteiger partial charge in [0.1, 0.15) is 5.75 Å². The van der Waals surface area contributed by atoms with Gasteiger partial charge in [0.15, 0.2) is 0 Å². The van der Waals surface area contributed by atoms with Gasteiger partial charge < -0.3 is 10.5 Å². The first-order chi connectivity index (χ1) is 7.51. The molecule has 90 valence electrons. The molecule has 0 bridgehead atoms. The third-order valence-corrected chi connectivity index (χ3v) is 2.36. The maximum atomic E-state index is 13.5. The fourth-order valence-electron chi connectivity index (χ4n) is 1.52. The standard InChI is InChI=1S/C12H17F2NO/c1-3-16-11-5-4-10(8-9(11)2)12(13,14)6-7-15/h4-5,8H,3,6-7,15H2,1-2H3. The van der Waals surface area contributed by atoms with E-state index in [0.29, 0.717) is 12.4 Å². The highest BCUT2D eigenvalue weighted by atomic mass is 19.3. The summed E-state index contributed by atoms with van der Waals surface area (Å²) >= 11 is 0. The number of hydrogen-bond acceptors (Lipinski definition) is 2. The van der Waals surface area contributed by atoms with Crippen LogP contribution in [0.2, 0.25) is 0 Å². The Morgan fingerprint density at radius 3 is 2.56 bits per heavy atom. The highest BCUT2D eigenvalue weighted by molar-refractivity contribution is 5.37. The van der Waals surface area contributed by atoms with Gasteiger partial charge in [-0.05, 0) is 44.2 Å². The van der Waals surface area contributed by atoms with Crippen molar-refractivity contribution in [3.63, 3.8) is 0 Å². The van der Waals surface area contributed by atoms with Gasteiger partial charge in [0, 0.05) is 12.0 Å². The minimum Gasteiger partial charge on any atom is -0.494 e. The van der Waals surface area contributed by atoms with Crippen molar-refractivity contribution in [2.45, 2.75) is 26.2 Å². The van der Waals surface area contributed by atoms with Crippen LogP contribution in [-0.2, 0) is 5.92 Å². The minimum atomic E-state index is -2.86. The molecule has 0 fully saturated rings. The number of rotatable bonds is 5. The van der Waals surface area contributed by atoms with Gasteiger partial charge in [-0.2, -0.15) is 0 Å². The largest absolute Gasteiger partial charge is 0.494 e. The first-order valence-corrected chi connectivity index (χ1v) is 5.33. The van der Waals surface area contributed by atoms with Crippen LogP contribution in [0.3, 0.4) is 0 Å². The topological polar surface area (TPSA) is 35.2 Å². The Balaban J connectivity index is 2.96. The molecule has 0 radical (unpaired) electrons. The molecule has 0 spiro atoms. The van der Waals surface area contributed by atoms with Crippen LogP contribution >= 0.6 is 0 Å². The molecule has 0 saturated carbocycles. The zero-order valence-electron chi connectivity index (χ0n) is 9.59. The summed E-state index contributed by atoms with van der Waals surface area (Å²) in [4.78, 5) is 0. The van der Waals surface area contributed by atoms with E-state index in [1.54, 1.807) is 13.0 Å². The lowest BCUT2D eigenvalue weighted by molar-refractivity contribution is -0.0108. The summed E-state index contributed by atoms with van der Waals surface area (Å²) in [6, 6.07) is 4.44. The van der Waals surface area contributed by atoms with Crippen LogP contribution < -0.4 is 10.5 Å². The van der Waals surface area contributed by atoms with Gasteiger partial charge in [-0.25, -0.2) is 8.78 Å². The predicted octanol–water partition coefficient (Wildman–Crippen LogP) is 2.83. The molecule has 1 aromatic carbocycles. The zero-order valence-corrected chi connectivity index (χ0v) is 9.59. The molecule has 2 N–H and O–H groups in total. The number of nitrogens with two attached hydrogens (primary N) is 1. The highest BCUT2D eigenvalue weighted by Gasteiger charge is 2.30. The summed E-state index contributed by atoms with van der Waals surface area (Å²) in [5.41, 5.74) is 5.88. The molecule has 4 heteroatoms. The van der Waals surface area contributed by atoms with Gasteiger partial charge in [0.2, 0.25) is 0 Å². The van der Waals surface area contributed by atoms with Gasteiger partial charge >= 0.3 is 0 Å². The Morgan fingerprint density at radius 2 is 2.06 bits per heavy atom. The Bertz CT molecular complexity index is 353. The van der Waals surface area contributed by atoms with Crippen molar-refractivity contribution in [3.05, 3.63) is 29.3 Å². The van der Waals surface area contributed by atoms with E-state index >= 15 is 0 Å². The SMILES string of the molecule is CCOc1ccc(C(F)(F)CCN)cc1C. The summed E-state index contributed by atoms with van der Waals surface area (Å²) in [5, 5.41) is 0. The molecular formula is C12H17F2NO. The molecule has 1 aromatic rings. The zero-order chi connectivity index (χ0) is 12.2. The fraction of sp³-hybridized carbons (Fsp3) is 0.500. The third kappa shape index (κ3) is 2.92. The van der Waals surface area contributed by atoms with Crippen molar-refractivity contribution in [2.24, 2.45) is 5.73 Å². The van der Waals surface area contributed by atoms with Crippen LogP contribution in [-0.4, -0.2) is 13.2 Å². The summed E-state index contributed by atoms with van der Waals surface area (Å²) in [6.07, 6.45) is -0.333. The Hall–Kier alpha value is -1.16. The second-order valence-electron chi connectivity index (χ2n) is 3.66. The molecule has 0 aliphatic heterocycles. The van der Waals surface area contributed by atoms with E-state index in [1.165, 1.54) is 12.1 Å². The van der Waals surface area contributed by atoms with Gasteiger partial charge in [-0.3, -0.25) is 0 Å². The molecule has 0 aromatic heterocycles. The van der Waals surface area contributed by atoms with E-state index in [0.717, 1.165) is 5.56 Å². The van der Waals surface area contributed by atoms with Crippen LogP contribution in [0.1, 0.15) is 24.5 Å². The van der Waals surface area contributed by atoms with Gasteiger partial charge in [0.05, 0.1) is 6.61 Å². The first kappa shape index (κ1) is 12.9. The lowest BCUT2D eigenvalue weighted by Crippen LogP contribution is -2.18. The smallest absolute Gasteiger partial charge is 0.274 e. The quantitative estimate of drug-likeness (QED) is 0.842. The number of benzene rings is 1. The molecule has 0 saturated heterocycles. The lowest BCUT2D eigenvalue weighted by atomic mass is 10.0. The Labute approximate surface area is 94.4 Å². The molecule has 0 aliphatic rings. The van der Waals surface area contributed by atoms with E-state index < -0.39 is 5.92 Å². The second-order valence-corrected chi connectivity index (χ2v) is 3.66. The third-order valence-electron chi connectivity index (χ3n) is 2.36. The summed E-state index contributed by atoms with van der Waals surface area (Å²) in [6.45, 7) is 4.11. The molecule has 0 unspecified atom stereocenters. The van der Waals surface area contributed by atoms with Crippen molar-refractivity contribution >= 4 is 0 Å². The summed E-state index contributed by atoms with van der Waals surface area (Å²) in [5.74, 6) is -2.21. The molecule has 0 heterocycles. The number of aryl methyl sites for hydroxylation is 1. The highest BCUT2D eigenvalue weighted by Crippen LogP contribution is 2.33. The number of alkyl halides is 2. The molecule has 0 aliphatic carbocycles. The van der Waals surface area contributed by atoms with E-state index in [4.69, 9.17) is 10.5 Å². The van der Waals surface area contributed by atoms with Gasteiger partial charge in [-0.1, -0.05) is 0 Å². The van der Waals surface area contributed by atoms with Crippen molar-refractivity contribution < 1.29 is 13.5 Å². The molecule has 1 rings (SSSR count). The average molecular weight is 229 g/mol. The lowest BCUT2D eigenvalue weighted by Gasteiger charge is -2.17. The van der Waals surface area contributed by atoms with E-state index in [2.05, 4.69) is 0 Å². The second kappa shape index (κ2) is 5.25. The Kier molecular flexibility index (Phi) is 4.24. The normalized spacial score (nSPS) is 11.6. The Morgan fingerprint density at radius 1 is 1.38 bits per heavy atom. The molecule has 16 heavy (non-hydrogen) atoms. The van der Waals surface area contributed by atoms with Crippen molar-refractivity contribution in [1.29, 1.82) is 0 Å². The van der Waals surface area contributed by atoms with Gasteiger partial charge in [0.25, 0.3) is 5.92 Å². The molecule has 2 nitrogen and oxygen atoms in total. The van der Waals surface area contributed by atoms with Gasteiger partial charge in [-0.15, -0.1) is 0 Å². The van der Waals surface area contributed by atoms with Crippen molar-refractivity contribution in [2.75, 3.05) is 13.2 Å². The van der Waals surface area contributed by atoms with Crippen molar-refractivity contribution in [3.8, 4) is 5.75 Å². The number of ether oxygens (including phenoxy) is 1. The summed E-state index contributed by atoms with van der Waals surface area (Å²) in [7, 11) is 0. The van der Waals surface area contributed by atoms with Crippen LogP contribution in [0.25, 0.3) is 0 Å². The molecular weight excluding hydrogens is 212 g/mol. The maximum absolute atomic E-state index is 13.5. The monoisotopic (exact) mass is 229 g/mol.